The molecule has 0 bridgehead atoms. The Bertz CT molecular complexity index is 1160. The second-order valence-corrected chi connectivity index (χ2v) is 9.17. The number of carbonyl (C=O) groups excluding carboxylic acids is 1. The van der Waals surface area contributed by atoms with Crippen molar-refractivity contribution in [3.8, 4) is 0 Å². The molecule has 6 rings (SSSR count). The average molecular weight is 404 g/mol. The van der Waals surface area contributed by atoms with Gasteiger partial charge in [0.2, 0.25) is 0 Å². The molecule has 1 aromatic heterocycles. The second kappa shape index (κ2) is 6.24. The number of rotatable bonds is 2. The molecule has 1 aliphatic carbocycles. The molecule has 1 unspecified atom stereocenters. The molecule has 3 heterocycles. The molecule has 2 amide bonds. The summed E-state index contributed by atoms with van der Waals surface area (Å²) in [5.41, 5.74) is 11.5. The third-order valence-corrected chi connectivity index (χ3v) is 7.47. The van der Waals surface area contributed by atoms with Crippen molar-refractivity contribution in [3.63, 3.8) is 0 Å². The van der Waals surface area contributed by atoms with Crippen LogP contribution in [0.25, 0.3) is 10.9 Å². The number of urea groups is 1. The number of hydrogen-bond acceptors (Lipinski definition) is 2. The van der Waals surface area contributed by atoms with Crippen LogP contribution in [-0.4, -0.2) is 29.0 Å². The van der Waals surface area contributed by atoms with Gasteiger partial charge in [-0.3, -0.25) is 0 Å². The minimum absolute atomic E-state index is 0.291. The molecule has 1 spiro atoms. The van der Waals surface area contributed by atoms with Gasteiger partial charge in [0, 0.05) is 48.0 Å². The molecule has 2 aromatic carbocycles. The Labute approximate surface area is 174 Å². The molecule has 30 heavy (non-hydrogen) atoms. The summed E-state index contributed by atoms with van der Waals surface area (Å²) in [4.78, 5) is 19.6. The van der Waals surface area contributed by atoms with Crippen LogP contribution in [0.5, 0.6) is 0 Å². The lowest BCUT2D eigenvalue weighted by Crippen LogP contribution is -2.34. The molecule has 3 aliphatic rings. The van der Waals surface area contributed by atoms with Gasteiger partial charge in [0.25, 0.3) is 0 Å². The van der Waals surface area contributed by atoms with Crippen molar-refractivity contribution in [1.29, 1.82) is 0 Å². The van der Waals surface area contributed by atoms with Crippen molar-refractivity contribution in [2.45, 2.75) is 38.3 Å². The lowest BCUT2D eigenvalue weighted by atomic mass is 9.92. The van der Waals surface area contributed by atoms with Crippen LogP contribution in [0.15, 0.2) is 42.6 Å². The number of nitrogens with two attached hydrogens (primary N) is 1. The molecule has 2 fully saturated rings. The summed E-state index contributed by atoms with van der Waals surface area (Å²) in [5.74, 6) is -0.291. The largest absolute Gasteiger partial charge is 0.371 e. The van der Waals surface area contributed by atoms with E-state index in [-0.39, 0.29) is 11.9 Å². The Hall–Kier alpha value is -3.02. The van der Waals surface area contributed by atoms with Gasteiger partial charge in [-0.25, -0.2) is 9.18 Å². The number of nitrogens with zero attached hydrogens (tertiary/aromatic N) is 2. The Morgan fingerprint density at radius 1 is 1.07 bits per heavy atom. The van der Waals surface area contributed by atoms with Crippen LogP contribution in [0.4, 0.5) is 14.9 Å². The number of anilines is 1. The molecule has 1 saturated heterocycles. The third-order valence-electron chi connectivity index (χ3n) is 7.47. The first-order valence-electron chi connectivity index (χ1n) is 10.7. The van der Waals surface area contributed by atoms with Crippen LogP contribution in [0.2, 0.25) is 0 Å². The van der Waals surface area contributed by atoms with E-state index in [9.17, 15) is 9.18 Å². The van der Waals surface area contributed by atoms with Crippen molar-refractivity contribution >= 4 is 22.6 Å². The number of hydrogen-bond donors (Lipinski definition) is 2. The van der Waals surface area contributed by atoms with Gasteiger partial charge in [0.15, 0.2) is 0 Å². The molecule has 3 aromatic rings. The maximum absolute atomic E-state index is 13.9. The zero-order valence-electron chi connectivity index (χ0n) is 16.8. The van der Waals surface area contributed by atoms with Gasteiger partial charge in [-0.1, -0.05) is 6.07 Å². The van der Waals surface area contributed by atoms with Gasteiger partial charge in [0.05, 0.1) is 6.04 Å². The first kappa shape index (κ1) is 17.8. The van der Waals surface area contributed by atoms with Crippen molar-refractivity contribution in [2.24, 2.45) is 11.1 Å². The van der Waals surface area contributed by atoms with Crippen LogP contribution in [0.3, 0.4) is 0 Å². The number of aromatic amines is 1. The van der Waals surface area contributed by atoms with E-state index in [2.05, 4.69) is 28.1 Å². The molecule has 5 nitrogen and oxygen atoms in total. The predicted molar refractivity (Wildman–Crippen MR) is 115 cm³/mol. The number of fused-ring (bicyclic) bond motifs is 2. The van der Waals surface area contributed by atoms with Crippen molar-refractivity contribution in [1.82, 2.24) is 9.88 Å². The van der Waals surface area contributed by atoms with E-state index >= 15 is 0 Å². The van der Waals surface area contributed by atoms with E-state index in [1.165, 1.54) is 43.5 Å². The lowest BCUT2D eigenvalue weighted by molar-refractivity contribution is 0.199. The quantitative estimate of drug-likeness (QED) is 0.652. The Balaban J connectivity index is 1.38. The van der Waals surface area contributed by atoms with Crippen LogP contribution < -0.4 is 10.6 Å². The van der Waals surface area contributed by atoms with E-state index in [4.69, 9.17) is 5.73 Å². The van der Waals surface area contributed by atoms with Gasteiger partial charge in [0.1, 0.15) is 5.82 Å². The first-order chi connectivity index (χ1) is 14.5. The highest BCUT2D eigenvalue weighted by Gasteiger charge is 2.44. The molecule has 2 aliphatic heterocycles. The summed E-state index contributed by atoms with van der Waals surface area (Å²) >= 11 is 0. The highest BCUT2D eigenvalue weighted by Crippen LogP contribution is 2.54. The van der Waals surface area contributed by atoms with Crippen LogP contribution in [0.1, 0.15) is 48.4 Å². The fourth-order valence-corrected chi connectivity index (χ4v) is 5.43. The maximum atomic E-state index is 13.9. The zero-order chi connectivity index (χ0) is 20.5. The molecular formula is C24H25FN4O. The van der Waals surface area contributed by atoms with E-state index in [1.54, 1.807) is 11.0 Å². The maximum Gasteiger partial charge on any atom is 0.315 e. The van der Waals surface area contributed by atoms with Crippen molar-refractivity contribution in [2.75, 3.05) is 18.0 Å². The van der Waals surface area contributed by atoms with Crippen LogP contribution in [0, 0.1) is 11.2 Å². The average Bonchev–Trinajstić information content (AvgIpc) is 3.20. The number of nitrogens with one attached hydrogen (secondary N) is 1. The SMILES string of the molecule is NC(=O)N1Cc2cc(N3CCC4(CC3)CC4)ccc2C1c1c[nH]c2ccc(F)cc12. The fourth-order valence-electron chi connectivity index (χ4n) is 5.43. The normalized spacial score (nSPS) is 22.0. The zero-order valence-corrected chi connectivity index (χ0v) is 16.8. The minimum atomic E-state index is -0.461. The molecule has 1 atom stereocenters. The van der Waals surface area contributed by atoms with Crippen LogP contribution in [-0.2, 0) is 6.54 Å². The molecule has 6 heteroatoms. The number of benzene rings is 2. The summed E-state index contributed by atoms with van der Waals surface area (Å²) in [5, 5.41) is 0.786. The molecule has 1 saturated carbocycles. The third kappa shape index (κ3) is 2.70. The number of aromatic nitrogens is 1. The Kier molecular flexibility index (Phi) is 3.70. The standard InChI is InChI=1S/C24H25FN4O/c25-16-1-4-21-19(12-16)20(13-27-21)22-18-3-2-17(11-15(18)14-29(22)23(26)30)28-9-7-24(5-6-24)8-10-28/h1-4,11-13,22,27H,5-10,14H2,(H2,26,30). The molecular weight excluding hydrogens is 379 g/mol. The summed E-state index contributed by atoms with van der Waals surface area (Å²) in [6.45, 7) is 2.68. The number of primary amides is 1. The van der Waals surface area contributed by atoms with Gasteiger partial charge >= 0.3 is 6.03 Å². The minimum Gasteiger partial charge on any atom is -0.371 e. The Morgan fingerprint density at radius 3 is 2.60 bits per heavy atom. The number of carbonyl (C=O) groups is 1. The van der Waals surface area contributed by atoms with Gasteiger partial charge < -0.3 is 20.5 Å². The molecule has 0 radical (unpaired) electrons. The van der Waals surface area contributed by atoms with E-state index in [0.717, 1.165) is 40.7 Å². The summed E-state index contributed by atoms with van der Waals surface area (Å²) in [7, 11) is 0. The van der Waals surface area contributed by atoms with E-state index in [0.29, 0.717) is 12.0 Å². The topological polar surface area (TPSA) is 65.4 Å². The molecule has 154 valence electrons. The monoisotopic (exact) mass is 404 g/mol. The summed E-state index contributed by atoms with van der Waals surface area (Å²) in [6.07, 6.45) is 7.21. The van der Waals surface area contributed by atoms with Gasteiger partial charge in [-0.15, -0.1) is 0 Å². The number of amides is 2. The van der Waals surface area contributed by atoms with Crippen molar-refractivity contribution < 1.29 is 9.18 Å². The number of H-pyrrole nitrogens is 1. The molecule has 3 N–H and O–H groups in total. The highest BCUT2D eigenvalue weighted by molar-refractivity contribution is 5.86. The lowest BCUT2D eigenvalue weighted by Gasteiger charge is -2.34. The van der Waals surface area contributed by atoms with Gasteiger partial charge in [-0.2, -0.15) is 0 Å². The first-order valence-corrected chi connectivity index (χ1v) is 10.7. The van der Waals surface area contributed by atoms with Gasteiger partial charge in [-0.05, 0) is 72.6 Å². The smallest absolute Gasteiger partial charge is 0.315 e. The Morgan fingerprint density at radius 2 is 1.87 bits per heavy atom. The predicted octanol–water partition coefficient (Wildman–Crippen LogP) is 4.67. The number of piperidine rings is 1. The van der Waals surface area contributed by atoms with Crippen molar-refractivity contribution in [3.05, 3.63) is 65.1 Å². The second-order valence-electron chi connectivity index (χ2n) is 9.17. The van der Waals surface area contributed by atoms with E-state index < -0.39 is 6.03 Å². The van der Waals surface area contributed by atoms with E-state index in [1.807, 2.05) is 6.20 Å². The fraction of sp³-hybridized carbons (Fsp3) is 0.375. The highest BCUT2D eigenvalue weighted by atomic mass is 19.1. The van der Waals surface area contributed by atoms with Crippen LogP contribution >= 0.6 is 0 Å². The number of halogens is 1. The summed E-state index contributed by atoms with van der Waals surface area (Å²) < 4.78 is 13.9. The summed E-state index contributed by atoms with van der Waals surface area (Å²) in [6, 6.07) is 10.4.